The van der Waals surface area contributed by atoms with E-state index in [9.17, 15) is 0 Å². The van der Waals surface area contributed by atoms with E-state index in [-0.39, 0.29) is 42.7 Å². The molecule has 0 saturated heterocycles. The van der Waals surface area contributed by atoms with Crippen molar-refractivity contribution in [2.75, 3.05) is 9.80 Å². The summed E-state index contributed by atoms with van der Waals surface area (Å²) in [6, 6.07) is 68.1. The number of hydrogen-bond acceptors (Lipinski definition) is 4. The van der Waals surface area contributed by atoms with E-state index >= 15 is 0 Å². The van der Waals surface area contributed by atoms with Crippen LogP contribution in [0.3, 0.4) is 0 Å². The second kappa shape index (κ2) is 18.6. The van der Waals surface area contributed by atoms with E-state index in [2.05, 4.69) is 278 Å². The second-order valence-electron chi connectivity index (χ2n) is 21.6. The van der Waals surface area contributed by atoms with Crippen molar-refractivity contribution in [3.63, 3.8) is 0 Å². The second-order valence-corrected chi connectivity index (χ2v) is 21.6. The van der Waals surface area contributed by atoms with Crippen LogP contribution in [0.4, 0.5) is 11.4 Å². The fourth-order valence-corrected chi connectivity index (χ4v) is 9.74. The SMILES string of the molecule is CC(C)(C)c1ccnc(-n2c3[c-]c(Oc4[c-]c(N5C=C(c6ccccc6)N(c6cccc(C(C)(C)c7ccccc7)c6)[CH-]5)cc(C(C)(C)c5ccccc5)c4)cc(C(C)(C)C)c3c3ccccc32)c1.[Pt]. The van der Waals surface area contributed by atoms with Crippen LogP contribution in [-0.4, -0.2) is 9.55 Å². The molecule has 1 aliphatic rings. The fourth-order valence-electron chi connectivity index (χ4n) is 9.74. The molecule has 356 valence electrons. The Bertz CT molecular complexity index is 3360. The molecule has 6 heteroatoms. The molecule has 7 aromatic carbocycles. The maximum absolute atomic E-state index is 7.16. The molecule has 0 saturated carbocycles. The molecular formula is C64H61N4OPt-3. The Labute approximate surface area is 429 Å². The molecule has 2 aromatic heterocycles. The molecule has 0 bridgehead atoms. The van der Waals surface area contributed by atoms with Gasteiger partial charge in [0.1, 0.15) is 5.82 Å². The van der Waals surface area contributed by atoms with Gasteiger partial charge < -0.3 is 19.1 Å². The number of rotatable bonds is 10. The zero-order chi connectivity index (χ0) is 48.3. The summed E-state index contributed by atoms with van der Waals surface area (Å²) in [4.78, 5) is 9.47. The Kier molecular flexibility index (Phi) is 12.8. The first-order chi connectivity index (χ1) is 33.0. The molecular weight excluding hydrogens is 1040 g/mol. The number of para-hydroxylation sites is 1. The van der Waals surface area contributed by atoms with Crippen LogP contribution >= 0.6 is 0 Å². The van der Waals surface area contributed by atoms with Crippen LogP contribution < -0.4 is 14.5 Å². The van der Waals surface area contributed by atoms with Gasteiger partial charge in [-0.3, -0.25) is 0 Å². The van der Waals surface area contributed by atoms with Crippen LogP contribution in [0.15, 0.2) is 182 Å². The van der Waals surface area contributed by atoms with Crippen LogP contribution in [0.2, 0.25) is 0 Å². The minimum absolute atomic E-state index is 0. The summed E-state index contributed by atoms with van der Waals surface area (Å²) in [7, 11) is 0. The molecule has 0 N–H and O–H groups in total. The predicted molar refractivity (Wildman–Crippen MR) is 287 cm³/mol. The van der Waals surface area contributed by atoms with E-state index in [4.69, 9.17) is 9.72 Å². The van der Waals surface area contributed by atoms with Crippen molar-refractivity contribution in [2.24, 2.45) is 0 Å². The van der Waals surface area contributed by atoms with Gasteiger partial charge in [-0.1, -0.05) is 201 Å². The number of ether oxygens (including phenoxy) is 1. The minimum atomic E-state index is -0.383. The van der Waals surface area contributed by atoms with Crippen molar-refractivity contribution in [2.45, 2.75) is 90.9 Å². The van der Waals surface area contributed by atoms with Gasteiger partial charge in [-0.2, -0.15) is 0 Å². The first kappa shape index (κ1) is 48.3. The molecule has 0 unspecified atom stereocenters. The molecule has 0 fully saturated rings. The van der Waals surface area contributed by atoms with Gasteiger partial charge in [0.2, 0.25) is 0 Å². The summed E-state index contributed by atoms with van der Waals surface area (Å²) in [5.74, 6) is 2.07. The van der Waals surface area contributed by atoms with Gasteiger partial charge in [-0.05, 0) is 86.0 Å². The first-order valence-corrected chi connectivity index (χ1v) is 24.1. The van der Waals surface area contributed by atoms with E-state index in [0.717, 1.165) is 55.8 Å². The molecule has 9 aromatic rings. The monoisotopic (exact) mass is 1100 g/mol. The standard InChI is InChI=1S/C64H61N4O.Pt/c1-61(2,3)47-33-34-65-59(38-47)68-56-32-21-20-31-54(56)60-55(62(4,5)6)40-53(41-57(60)68)69-52-37-49(64(9,10)46-27-18-13-19-28-46)36-51(39-52)66-42-58(44-23-14-11-15-24-44)67(43-66)50-30-22-29-48(35-50)63(7,8)45-25-16-12-17-26-45;/h11-38,40,42-43H,1-10H3;/q-3;. The van der Waals surface area contributed by atoms with E-state index in [1.165, 1.54) is 27.8 Å². The van der Waals surface area contributed by atoms with Crippen molar-refractivity contribution >= 4 is 38.9 Å². The zero-order valence-corrected chi connectivity index (χ0v) is 44.2. The third kappa shape index (κ3) is 9.13. The van der Waals surface area contributed by atoms with Crippen LogP contribution in [0.25, 0.3) is 33.3 Å². The van der Waals surface area contributed by atoms with E-state index in [1.54, 1.807) is 0 Å². The Morgan fingerprint density at radius 3 is 1.79 bits per heavy atom. The third-order valence-corrected chi connectivity index (χ3v) is 14.0. The number of fused-ring (bicyclic) bond motifs is 3. The predicted octanol–water partition coefficient (Wildman–Crippen LogP) is 16.3. The van der Waals surface area contributed by atoms with Crippen molar-refractivity contribution in [1.82, 2.24) is 9.55 Å². The van der Waals surface area contributed by atoms with Gasteiger partial charge >= 0.3 is 0 Å². The summed E-state index contributed by atoms with van der Waals surface area (Å²) in [6.45, 7) is 24.9. The molecule has 1 aliphatic heterocycles. The van der Waals surface area contributed by atoms with E-state index in [0.29, 0.717) is 11.5 Å². The molecule has 5 nitrogen and oxygen atoms in total. The molecule has 0 atom stereocenters. The number of hydrogen-bond donors (Lipinski definition) is 0. The Hall–Kier alpha value is -6.68. The smallest absolute Gasteiger partial charge is 0.135 e. The largest absolute Gasteiger partial charge is 0.509 e. The Morgan fingerprint density at radius 2 is 1.13 bits per heavy atom. The van der Waals surface area contributed by atoms with Crippen LogP contribution in [0.5, 0.6) is 11.5 Å². The number of nitrogens with zero attached hydrogens (tertiary/aromatic N) is 4. The molecule has 10 rings (SSSR count). The van der Waals surface area contributed by atoms with Gasteiger partial charge in [0.05, 0.1) is 0 Å². The maximum Gasteiger partial charge on any atom is 0.135 e. The summed E-state index contributed by atoms with van der Waals surface area (Å²) in [6.07, 6.45) is 4.14. The van der Waals surface area contributed by atoms with E-state index in [1.807, 2.05) is 6.20 Å². The van der Waals surface area contributed by atoms with Gasteiger partial charge in [0.25, 0.3) is 0 Å². The van der Waals surface area contributed by atoms with Crippen LogP contribution in [0.1, 0.15) is 108 Å². The summed E-state index contributed by atoms with van der Waals surface area (Å²) < 4.78 is 9.41. The van der Waals surface area contributed by atoms with Crippen molar-refractivity contribution in [1.29, 1.82) is 0 Å². The quantitative estimate of drug-likeness (QED) is 0.128. The first-order valence-electron chi connectivity index (χ1n) is 24.1. The summed E-state index contributed by atoms with van der Waals surface area (Å²) in [5.41, 5.74) is 12.4. The molecule has 0 amide bonds. The van der Waals surface area contributed by atoms with Crippen molar-refractivity contribution < 1.29 is 25.8 Å². The average Bonchev–Trinajstić information content (AvgIpc) is 3.95. The number of anilines is 2. The molecule has 0 aliphatic carbocycles. The number of benzene rings is 7. The zero-order valence-electron chi connectivity index (χ0n) is 41.9. The normalized spacial score (nSPS) is 13.4. The van der Waals surface area contributed by atoms with Crippen LogP contribution in [-0.2, 0) is 42.7 Å². The minimum Gasteiger partial charge on any atom is -0.509 e. The number of aromatic nitrogens is 2. The van der Waals surface area contributed by atoms with Gasteiger partial charge in [-0.15, -0.1) is 53.8 Å². The van der Waals surface area contributed by atoms with Crippen LogP contribution in [0, 0.1) is 18.8 Å². The van der Waals surface area contributed by atoms with E-state index < -0.39 is 0 Å². The van der Waals surface area contributed by atoms with Gasteiger partial charge in [0.15, 0.2) is 0 Å². The fraction of sp³-hybridized carbons (Fsp3) is 0.219. The van der Waals surface area contributed by atoms with Gasteiger partial charge in [-0.25, -0.2) is 4.98 Å². The van der Waals surface area contributed by atoms with Crippen molar-refractivity contribution in [3.8, 4) is 17.3 Å². The molecule has 0 radical (unpaired) electrons. The molecule has 70 heavy (non-hydrogen) atoms. The molecule has 0 spiro atoms. The number of pyridine rings is 1. The maximum atomic E-state index is 7.16. The summed E-state index contributed by atoms with van der Waals surface area (Å²) in [5, 5.41) is 2.31. The topological polar surface area (TPSA) is 33.5 Å². The summed E-state index contributed by atoms with van der Waals surface area (Å²) >= 11 is 0. The Morgan fingerprint density at radius 1 is 0.529 bits per heavy atom. The third-order valence-electron chi connectivity index (χ3n) is 14.0. The Balaban J connectivity index is 0.00000608. The molecule has 3 heterocycles. The van der Waals surface area contributed by atoms with Gasteiger partial charge in [0, 0.05) is 61.1 Å². The van der Waals surface area contributed by atoms with Crippen molar-refractivity contribution in [3.05, 3.63) is 240 Å². The average molecular weight is 1100 g/mol.